The van der Waals surface area contributed by atoms with Crippen molar-refractivity contribution in [1.29, 1.82) is 0 Å². The number of hydrogen-bond donors (Lipinski definition) is 1. The van der Waals surface area contributed by atoms with Crippen molar-refractivity contribution in [2.45, 2.75) is 31.1 Å². The van der Waals surface area contributed by atoms with Crippen LogP contribution in [0.1, 0.15) is 17.5 Å². The molecule has 29 heavy (non-hydrogen) atoms. The van der Waals surface area contributed by atoms with E-state index in [0.717, 1.165) is 31.7 Å². The molecule has 0 saturated carbocycles. The highest BCUT2D eigenvalue weighted by atomic mass is 32.2. The van der Waals surface area contributed by atoms with E-state index in [0.29, 0.717) is 10.9 Å². The first-order chi connectivity index (χ1) is 14.2. The molecular weight excluding hydrogens is 384 g/mol. The van der Waals surface area contributed by atoms with E-state index in [1.54, 1.807) is 4.68 Å². The van der Waals surface area contributed by atoms with Crippen molar-refractivity contribution in [2.24, 2.45) is 0 Å². The second kappa shape index (κ2) is 9.19. The Hall–Kier alpha value is -2.71. The van der Waals surface area contributed by atoms with Crippen molar-refractivity contribution in [3.63, 3.8) is 0 Å². The molecule has 150 valence electrons. The van der Waals surface area contributed by atoms with Crippen molar-refractivity contribution in [3.05, 3.63) is 65.7 Å². The van der Waals surface area contributed by atoms with Crippen LogP contribution in [0.3, 0.4) is 0 Å². The second-order valence-corrected chi connectivity index (χ2v) is 8.21. The monoisotopic (exact) mass is 408 g/mol. The van der Waals surface area contributed by atoms with Crippen LogP contribution in [0, 0.1) is 6.92 Å². The Morgan fingerprint density at radius 1 is 1.17 bits per heavy atom. The number of aromatic nitrogens is 4. The molecule has 0 unspecified atom stereocenters. The number of benzene rings is 2. The zero-order valence-electron chi connectivity index (χ0n) is 16.4. The third-order valence-corrected chi connectivity index (χ3v) is 5.86. The fraction of sp³-hybridized carbons (Fsp3) is 0.333. The topological polar surface area (TPSA) is 75.9 Å². The summed E-state index contributed by atoms with van der Waals surface area (Å²) in [6, 6.07) is 18.6. The van der Waals surface area contributed by atoms with E-state index >= 15 is 0 Å². The Kier molecular flexibility index (Phi) is 6.21. The Morgan fingerprint density at radius 3 is 2.76 bits per heavy atom. The molecule has 1 fully saturated rings. The number of carbonyl (C=O) groups is 1. The van der Waals surface area contributed by atoms with Crippen molar-refractivity contribution in [3.8, 4) is 5.69 Å². The summed E-state index contributed by atoms with van der Waals surface area (Å²) in [6.07, 6.45) is 0.977. The number of tetrazole rings is 1. The van der Waals surface area contributed by atoms with Crippen LogP contribution in [0.5, 0.6) is 0 Å². The number of nitrogens with zero attached hydrogens (tertiary/aromatic N) is 5. The van der Waals surface area contributed by atoms with Gasteiger partial charge in [0.2, 0.25) is 11.1 Å². The number of hydrogen-bond acceptors (Lipinski definition) is 6. The van der Waals surface area contributed by atoms with Gasteiger partial charge in [0, 0.05) is 25.7 Å². The molecule has 1 saturated heterocycles. The van der Waals surface area contributed by atoms with Crippen molar-refractivity contribution in [2.75, 3.05) is 18.8 Å². The molecule has 7 nitrogen and oxygen atoms in total. The van der Waals surface area contributed by atoms with E-state index in [9.17, 15) is 4.79 Å². The van der Waals surface area contributed by atoms with E-state index in [4.69, 9.17) is 0 Å². The molecular formula is C21H24N6OS. The van der Waals surface area contributed by atoms with Crippen LogP contribution >= 0.6 is 11.8 Å². The van der Waals surface area contributed by atoms with Gasteiger partial charge >= 0.3 is 0 Å². The number of likely N-dealkylation sites (tertiary alicyclic amines) is 1. The first-order valence-corrected chi connectivity index (χ1v) is 10.7. The standard InChI is InChI=1S/C21H24N6OS/c1-16-7-9-19(10-8-16)27-21(23-24-25-27)29-15-20(28)22-18-11-12-26(14-18)13-17-5-3-2-4-6-17/h2-10,18H,11-15H2,1H3,(H,22,28)/t18-/m0/s1. The van der Waals surface area contributed by atoms with Gasteiger partial charge in [-0.15, -0.1) is 5.10 Å². The number of thioether (sulfide) groups is 1. The highest BCUT2D eigenvalue weighted by Crippen LogP contribution is 2.19. The lowest BCUT2D eigenvalue weighted by atomic mass is 10.2. The van der Waals surface area contributed by atoms with Gasteiger partial charge < -0.3 is 5.32 Å². The van der Waals surface area contributed by atoms with E-state index < -0.39 is 0 Å². The average molecular weight is 409 g/mol. The molecule has 2 aromatic carbocycles. The Labute approximate surface area is 174 Å². The molecule has 3 aromatic rings. The molecule has 4 rings (SSSR count). The molecule has 1 amide bonds. The quantitative estimate of drug-likeness (QED) is 0.605. The highest BCUT2D eigenvalue weighted by molar-refractivity contribution is 7.99. The van der Waals surface area contributed by atoms with Crippen LogP contribution in [0.4, 0.5) is 0 Å². The van der Waals surface area contributed by atoms with Crippen molar-refractivity contribution < 1.29 is 4.79 Å². The lowest BCUT2D eigenvalue weighted by molar-refractivity contribution is -0.119. The van der Waals surface area contributed by atoms with Crippen LogP contribution in [-0.4, -0.2) is 55.9 Å². The molecule has 8 heteroatoms. The zero-order valence-corrected chi connectivity index (χ0v) is 17.2. The summed E-state index contributed by atoms with van der Waals surface area (Å²) in [4.78, 5) is 14.8. The first kappa shape index (κ1) is 19.6. The summed E-state index contributed by atoms with van der Waals surface area (Å²) in [5.74, 6) is 0.307. The summed E-state index contributed by atoms with van der Waals surface area (Å²) in [7, 11) is 0. The lowest BCUT2D eigenvalue weighted by Gasteiger charge is -2.16. The summed E-state index contributed by atoms with van der Waals surface area (Å²) < 4.78 is 1.66. The maximum atomic E-state index is 12.4. The van der Waals surface area contributed by atoms with E-state index in [1.807, 2.05) is 37.3 Å². The number of amides is 1. The predicted octanol–water partition coefficient (Wildman–Crippen LogP) is 2.45. The van der Waals surface area contributed by atoms with Gasteiger partial charge in [-0.3, -0.25) is 9.69 Å². The lowest BCUT2D eigenvalue weighted by Crippen LogP contribution is -2.38. The molecule has 2 heterocycles. The molecule has 0 bridgehead atoms. The predicted molar refractivity (Wildman–Crippen MR) is 113 cm³/mol. The summed E-state index contributed by atoms with van der Waals surface area (Å²) in [6.45, 7) is 4.84. The minimum absolute atomic E-state index is 0.0139. The number of nitrogens with one attached hydrogen (secondary N) is 1. The third kappa shape index (κ3) is 5.21. The van der Waals surface area contributed by atoms with Crippen LogP contribution in [-0.2, 0) is 11.3 Å². The largest absolute Gasteiger partial charge is 0.351 e. The van der Waals surface area contributed by atoms with Crippen molar-refractivity contribution in [1.82, 2.24) is 30.4 Å². The summed E-state index contributed by atoms with van der Waals surface area (Å²) in [5.41, 5.74) is 3.36. The molecule has 0 aliphatic carbocycles. The number of aryl methyl sites for hydroxylation is 1. The molecule has 1 aliphatic rings. The molecule has 1 aliphatic heterocycles. The smallest absolute Gasteiger partial charge is 0.230 e. The molecule has 0 spiro atoms. The van der Waals surface area contributed by atoms with Gasteiger partial charge in [-0.2, -0.15) is 4.68 Å². The second-order valence-electron chi connectivity index (χ2n) is 7.27. The summed E-state index contributed by atoms with van der Waals surface area (Å²) in [5, 5.41) is 15.6. The highest BCUT2D eigenvalue weighted by Gasteiger charge is 2.24. The number of carbonyl (C=O) groups excluding carboxylic acids is 1. The van der Waals surface area contributed by atoms with Gasteiger partial charge in [-0.1, -0.05) is 59.8 Å². The third-order valence-electron chi connectivity index (χ3n) is 4.94. The fourth-order valence-corrected chi connectivity index (χ4v) is 4.15. The molecule has 0 radical (unpaired) electrons. The SMILES string of the molecule is Cc1ccc(-n2nnnc2SCC(=O)N[C@H]2CCN(Cc3ccccc3)C2)cc1. The minimum atomic E-state index is 0.0139. The molecule has 1 atom stereocenters. The maximum absolute atomic E-state index is 12.4. The zero-order chi connectivity index (χ0) is 20.1. The van der Waals surface area contributed by atoms with Crippen LogP contribution in [0.25, 0.3) is 5.69 Å². The summed E-state index contributed by atoms with van der Waals surface area (Å²) >= 11 is 1.35. The van der Waals surface area contributed by atoms with Crippen LogP contribution < -0.4 is 5.32 Å². The fourth-order valence-electron chi connectivity index (χ4n) is 3.45. The minimum Gasteiger partial charge on any atom is -0.351 e. The van der Waals surface area contributed by atoms with Gasteiger partial charge in [0.05, 0.1) is 11.4 Å². The Morgan fingerprint density at radius 2 is 1.97 bits per heavy atom. The van der Waals surface area contributed by atoms with E-state index in [-0.39, 0.29) is 11.9 Å². The Bertz CT molecular complexity index is 943. The maximum Gasteiger partial charge on any atom is 0.230 e. The van der Waals surface area contributed by atoms with Crippen LogP contribution in [0.15, 0.2) is 59.8 Å². The van der Waals surface area contributed by atoms with Gasteiger partial charge in [0.1, 0.15) is 0 Å². The van der Waals surface area contributed by atoms with Crippen molar-refractivity contribution >= 4 is 17.7 Å². The average Bonchev–Trinajstić information content (AvgIpc) is 3.37. The number of rotatable bonds is 7. The van der Waals surface area contributed by atoms with Gasteiger partial charge in [0.15, 0.2) is 0 Å². The van der Waals surface area contributed by atoms with Gasteiger partial charge in [0.25, 0.3) is 0 Å². The first-order valence-electron chi connectivity index (χ1n) is 9.71. The van der Waals surface area contributed by atoms with Gasteiger partial charge in [-0.05, 0) is 41.5 Å². The molecule has 1 N–H and O–H groups in total. The molecule has 1 aromatic heterocycles. The normalized spacial score (nSPS) is 16.8. The van der Waals surface area contributed by atoms with Gasteiger partial charge in [-0.25, -0.2) is 0 Å². The van der Waals surface area contributed by atoms with E-state index in [1.165, 1.54) is 22.9 Å². The van der Waals surface area contributed by atoms with E-state index in [2.05, 4.69) is 50.0 Å². The Balaban J connectivity index is 1.26. The van der Waals surface area contributed by atoms with Crippen LogP contribution in [0.2, 0.25) is 0 Å².